The lowest BCUT2D eigenvalue weighted by atomic mass is 9.92. The second-order valence-corrected chi connectivity index (χ2v) is 5.89. The first-order chi connectivity index (χ1) is 8.36. The van der Waals surface area contributed by atoms with Crippen LogP contribution in [0.2, 0.25) is 0 Å². The highest BCUT2D eigenvalue weighted by Gasteiger charge is 2.26. The van der Waals surface area contributed by atoms with E-state index < -0.39 is 0 Å². The number of aromatic nitrogens is 2. The first kappa shape index (κ1) is 12.9. The molecule has 0 fully saturated rings. The summed E-state index contributed by atoms with van der Waals surface area (Å²) in [5.74, 6) is 0.148. The molecule has 18 heavy (non-hydrogen) atoms. The first-order valence-electron chi connectivity index (χ1n) is 5.79. The van der Waals surface area contributed by atoms with E-state index >= 15 is 0 Å². The van der Waals surface area contributed by atoms with Gasteiger partial charge in [0.1, 0.15) is 11.5 Å². The van der Waals surface area contributed by atoms with E-state index in [4.69, 9.17) is 10.5 Å². The predicted octanol–water partition coefficient (Wildman–Crippen LogP) is 2.45. The van der Waals surface area contributed by atoms with Crippen LogP contribution in [0.15, 0.2) is 5.38 Å². The van der Waals surface area contributed by atoms with Crippen LogP contribution in [0.1, 0.15) is 43.9 Å². The molecule has 0 spiro atoms. The Hall–Kier alpha value is -1.56. The van der Waals surface area contributed by atoms with E-state index in [1.165, 1.54) is 11.3 Å². The Morgan fingerprint density at radius 3 is 2.78 bits per heavy atom. The number of thiazole rings is 1. The third-order valence-corrected chi connectivity index (χ3v) is 3.42. The highest BCUT2D eigenvalue weighted by atomic mass is 32.1. The van der Waals surface area contributed by atoms with Crippen molar-refractivity contribution in [1.29, 1.82) is 0 Å². The molecule has 0 atom stereocenters. The fourth-order valence-corrected chi connectivity index (χ4v) is 2.65. The predicted molar refractivity (Wildman–Crippen MR) is 72.1 cm³/mol. The Labute approximate surface area is 110 Å². The number of hydrogen-bond acceptors (Lipinski definition) is 5. The van der Waals surface area contributed by atoms with E-state index in [0.717, 1.165) is 10.7 Å². The zero-order valence-electron chi connectivity index (χ0n) is 11.0. The molecular formula is C12H17N3O2S. The van der Waals surface area contributed by atoms with Gasteiger partial charge in [0.2, 0.25) is 0 Å². The van der Waals surface area contributed by atoms with Crippen molar-refractivity contribution in [3.63, 3.8) is 0 Å². The van der Waals surface area contributed by atoms with Gasteiger partial charge >= 0.3 is 5.97 Å². The van der Waals surface area contributed by atoms with Crippen molar-refractivity contribution < 1.29 is 9.53 Å². The van der Waals surface area contributed by atoms with Gasteiger partial charge < -0.3 is 10.5 Å². The van der Waals surface area contributed by atoms with Crippen molar-refractivity contribution in [2.45, 2.75) is 33.1 Å². The van der Waals surface area contributed by atoms with Crippen LogP contribution in [0.5, 0.6) is 0 Å². The van der Waals surface area contributed by atoms with E-state index in [1.807, 2.05) is 20.8 Å². The Morgan fingerprint density at radius 1 is 1.56 bits per heavy atom. The summed E-state index contributed by atoms with van der Waals surface area (Å²) < 4.78 is 6.68. The summed E-state index contributed by atoms with van der Waals surface area (Å²) in [6.45, 7) is 8.25. The molecule has 0 bridgehead atoms. The molecule has 2 heterocycles. The van der Waals surface area contributed by atoms with Crippen molar-refractivity contribution in [1.82, 2.24) is 9.38 Å². The molecule has 0 radical (unpaired) electrons. The van der Waals surface area contributed by atoms with Gasteiger partial charge in [0.15, 0.2) is 4.96 Å². The van der Waals surface area contributed by atoms with Crippen molar-refractivity contribution in [2.75, 3.05) is 12.3 Å². The van der Waals surface area contributed by atoms with E-state index in [2.05, 4.69) is 4.98 Å². The summed E-state index contributed by atoms with van der Waals surface area (Å²) in [6.07, 6.45) is 0. The maximum atomic E-state index is 11.8. The third-order valence-electron chi connectivity index (χ3n) is 2.59. The minimum Gasteiger partial charge on any atom is -0.461 e. The molecule has 0 aliphatic carbocycles. The molecule has 2 aromatic heterocycles. The molecule has 98 valence electrons. The van der Waals surface area contributed by atoms with Crippen LogP contribution in [0, 0.1) is 0 Å². The summed E-state index contributed by atoms with van der Waals surface area (Å²) in [5, 5.41) is 1.73. The lowest BCUT2D eigenvalue weighted by Crippen LogP contribution is -2.15. The number of nitrogen functional groups attached to an aromatic ring is 1. The summed E-state index contributed by atoms with van der Waals surface area (Å²) in [5.41, 5.74) is 7.20. The molecule has 0 aromatic carbocycles. The fourth-order valence-electron chi connectivity index (χ4n) is 1.78. The topological polar surface area (TPSA) is 69.6 Å². The van der Waals surface area contributed by atoms with Crippen LogP contribution in [0.25, 0.3) is 4.96 Å². The number of carbonyl (C=O) groups is 1. The minimum atomic E-state index is -0.367. The number of nitrogens with two attached hydrogens (primary N) is 1. The molecule has 2 aromatic rings. The Morgan fingerprint density at radius 2 is 2.22 bits per heavy atom. The largest absolute Gasteiger partial charge is 0.461 e. The second-order valence-electron chi connectivity index (χ2n) is 5.06. The smallest absolute Gasteiger partial charge is 0.356 e. The number of rotatable bonds is 2. The van der Waals surface area contributed by atoms with E-state index in [1.54, 1.807) is 16.7 Å². The van der Waals surface area contributed by atoms with Crippen LogP contribution < -0.4 is 5.73 Å². The standard InChI is InChI=1S/C12H17N3O2S/c1-5-17-10(16)7-6-18-11-14-8(12(2,3)4)9(13)15(7)11/h6H,5,13H2,1-4H3. The van der Waals surface area contributed by atoms with E-state index in [0.29, 0.717) is 18.1 Å². The molecule has 0 aliphatic heterocycles. The van der Waals surface area contributed by atoms with Crippen molar-refractivity contribution in [3.05, 3.63) is 16.8 Å². The molecule has 2 rings (SSSR count). The van der Waals surface area contributed by atoms with Gasteiger partial charge in [0.05, 0.1) is 12.3 Å². The molecule has 0 amide bonds. The SMILES string of the molecule is CCOC(=O)c1csc2nc(C(C)(C)C)c(N)n12. The van der Waals surface area contributed by atoms with E-state index in [-0.39, 0.29) is 11.4 Å². The number of anilines is 1. The second kappa shape index (κ2) is 4.28. The monoisotopic (exact) mass is 267 g/mol. The average molecular weight is 267 g/mol. The summed E-state index contributed by atoms with van der Waals surface area (Å²) in [4.78, 5) is 17.0. The zero-order valence-corrected chi connectivity index (χ0v) is 11.8. The number of hydrogen-bond donors (Lipinski definition) is 1. The normalized spacial score (nSPS) is 12.0. The summed E-state index contributed by atoms with van der Waals surface area (Å²) in [6, 6.07) is 0. The van der Waals surface area contributed by atoms with Crippen LogP contribution in [0.4, 0.5) is 5.82 Å². The van der Waals surface area contributed by atoms with Crippen molar-refractivity contribution >= 4 is 28.1 Å². The van der Waals surface area contributed by atoms with Gasteiger partial charge in [-0.3, -0.25) is 4.40 Å². The Balaban J connectivity index is 2.59. The van der Waals surface area contributed by atoms with Crippen molar-refractivity contribution in [2.24, 2.45) is 0 Å². The van der Waals surface area contributed by atoms with Crippen LogP contribution >= 0.6 is 11.3 Å². The minimum absolute atomic E-state index is 0.151. The maximum absolute atomic E-state index is 11.8. The zero-order chi connectivity index (χ0) is 13.5. The number of imidazole rings is 1. The number of ether oxygens (including phenoxy) is 1. The molecule has 0 saturated carbocycles. The molecule has 0 aliphatic rings. The maximum Gasteiger partial charge on any atom is 0.356 e. The van der Waals surface area contributed by atoms with Gasteiger partial charge in [0, 0.05) is 10.8 Å². The number of carbonyl (C=O) groups excluding carboxylic acids is 1. The van der Waals surface area contributed by atoms with Gasteiger partial charge in [-0.1, -0.05) is 20.8 Å². The molecule has 2 N–H and O–H groups in total. The molecular weight excluding hydrogens is 250 g/mol. The van der Waals surface area contributed by atoms with Crippen LogP contribution in [0.3, 0.4) is 0 Å². The van der Waals surface area contributed by atoms with Crippen LogP contribution in [-0.2, 0) is 10.2 Å². The van der Waals surface area contributed by atoms with Gasteiger partial charge in [0.25, 0.3) is 0 Å². The summed E-state index contributed by atoms with van der Waals surface area (Å²) in [7, 11) is 0. The lowest BCUT2D eigenvalue weighted by molar-refractivity contribution is 0.0519. The Bertz CT molecular complexity index is 592. The molecule has 0 unspecified atom stereocenters. The molecule has 5 nitrogen and oxygen atoms in total. The Kier molecular flexibility index (Phi) is 3.06. The number of nitrogens with zero attached hydrogens (tertiary/aromatic N) is 2. The van der Waals surface area contributed by atoms with Crippen molar-refractivity contribution in [3.8, 4) is 0 Å². The van der Waals surface area contributed by atoms with Gasteiger partial charge in [-0.15, -0.1) is 11.3 Å². The third kappa shape index (κ3) is 1.96. The molecule has 6 heteroatoms. The quantitative estimate of drug-likeness (QED) is 0.848. The highest BCUT2D eigenvalue weighted by molar-refractivity contribution is 7.15. The average Bonchev–Trinajstić information content (AvgIpc) is 2.78. The van der Waals surface area contributed by atoms with Gasteiger partial charge in [-0.2, -0.15) is 0 Å². The van der Waals surface area contributed by atoms with Crippen LogP contribution in [-0.4, -0.2) is 22.0 Å². The highest BCUT2D eigenvalue weighted by Crippen LogP contribution is 2.31. The fraction of sp³-hybridized carbons (Fsp3) is 0.500. The number of fused-ring (bicyclic) bond motifs is 1. The number of esters is 1. The first-order valence-corrected chi connectivity index (χ1v) is 6.67. The van der Waals surface area contributed by atoms with Gasteiger partial charge in [-0.25, -0.2) is 9.78 Å². The molecule has 0 saturated heterocycles. The summed E-state index contributed by atoms with van der Waals surface area (Å²) >= 11 is 1.39. The lowest BCUT2D eigenvalue weighted by Gasteiger charge is -2.15. The van der Waals surface area contributed by atoms with Gasteiger partial charge in [-0.05, 0) is 6.92 Å². The van der Waals surface area contributed by atoms with E-state index in [9.17, 15) is 4.79 Å².